The van der Waals surface area contributed by atoms with Crippen molar-refractivity contribution in [3.63, 3.8) is 0 Å². The van der Waals surface area contributed by atoms with Gasteiger partial charge in [-0.1, -0.05) is 88.8 Å². The minimum Gasteiger partial charge on any atom is -0.383 e. The second-order valence-corrected chi connectivity index (χ2v) is 15.1. The summed E-state index contributed by atoms with van der Waals surface area (Å²) in [6.45, 7) is 7.14. The van der Waals surface area contributed by atoms with Crippen molar-refractivity contribution in [1.29, 1.82) is 0 Å². The van der Waals surface area contributed by atoms with Crippen LogP contribution >= 0.6 is 11.3 Å². The third kappa shape index (κ3) is 7.23. The molecule has 2 aliphatic rings. The molecule has 0 saturated heterocycles. The summed E-state index contributed by atoms with van der Waals surface area (Å²) in [7, 11) is 8.31. The first-order valence-corrected chi connectivity index (χ1v) is 17.6. The number of benzene rings is 2. The average Bonchev–Trinajstić information content (AvgIpc) is 3.47. The van der Waals surface area contributed by atoms with E-state index in [0.717, 1.165) is 16.3 Å². The molecule has 0 unspecified atom stereocenters. The van der Waals surface area contributed by atoms with Gasteiger partial charge in [-0.3, -0.25) is 0 Å². The van der Waals surface area contributed by atoms with Crippen molar-refractivity contribution in [1.82, 2.24) is 9.88 Å². The van der Waals surface area contributed by atoms with Crippen LogP contribution in [0.2, 0.25) is 0 Å². The second kappa shape index (κ2) is 13.9. The fourth-order valence-electron chi connectivity index (χ4n) is 7.15. The maximum atomic E-state index is 5.49. The topological polar surface area (TPSA) is 19.4 Å². The van der Waals surface area contributed by atoms with Gasteiger partial charge in [0.15, 0.2) is 0 Å². The van der Waals surface area contributed by atoms with Gasteiger partial charge in [-0.05, 0) is 96.7 Å². The fourth-order valence-corrected chi connectivity index (χ4v) is 8.23. The molecular weight excluding hydrogens is 555 g/mol. The van der Waals surface area contributed by atoms with Crippen LogP contribution in [-0.4, -0.2) is 38.1 Å². The van der Waals surface area contributed by atoms with Gasteiger partial charge in [-0.2, -0.15) is 0 Å². The van der Waals surface area contributed by atoms with Crippen LogP contribution in [0, 0.1) is 0 Å². The first kappa shape index (κ1) is 32.3. The number of hydrogen-bond donors (Lipinski definition) is 0. The number of anilines is 1. The quantitative estimate of drug-likeness (QED) is 0.226. The second-order valence-electron chi connectivity index (χ2n) is 14.1. The van der Waals surface area contributed by atoms with Crippen LogP contribution in [-0.2, 0) is 10.8 Å². The zero-order chi connectivity index (χ0) is 31.3. The van der Waals surface area contributed by atoms with E-state index in [0.29, 0.717) is 0 Å². The van der Waals surface area contributed by atoms with Crippen LogP contribution in [0.15, 0.2) is 73.0 Å². The summed E-state index contributed by atoms with van der Waals surface area (Å²) in [5.41, 5.74) is 9.46. The molecule has 44 heavy (non-hydrogen) atoms. The minimum atomic E-state index is 0.242. The number of hydrogen-bond acceptors (Lipinski definition) is 4. The molecule has 2 fully saturated rings. The van der Waals surface area contributed by atoms with Gasteiger partial charge in [0.1, 0.15) is 5.01 Å². The highest BCUT2D eigenvalue weighted by atomic mass is 32.1. The van der Waals surface area contributed by atoms with Crippen molar-refractivity contribution in [3.05, 3.63) is 89.0 Å². The van der Waals surface area contributed by atoms with E-state index < -0.39 is 0 Å². The van der Waals surface area contributed by atoms with Gasteiger partial charge in [0.25, 0.3) is 0 Å². The summed E-state index contributed by atoms with van der Waals surface area (Å²) in [5, 5.41) is 1.13. The van der Waals surface area contributed by atoms with E-state index >= 15 is 0 Å². The van der Waals surface area contributed by atoms with Gasteiger partial charge < -0.3 is 9.80 Å². The molecule has 5 rings (SSSR count). The van der Waals surface area contributed by atoms with Crippen molar-refractivity contribution < 1.29 is 0 Å². The Hall–Kier alpha value is -3.11. The third-order valence-electron chi connectivity index (χ3n) is 10.0. The maximum Gasteiger partial charge on any atom is 0.124 e. The first-order valence-electron chi connectivity index (χ1n) is 16.7. The Morgan fingerprint density at radius 1 is 0.773 bits per heavy atom. The third-order valence-corrected chi connectivity index (χ3v) is 11.2. The molecule has 2 aliphatic carbocycles. The normalized spacial score (nSPS) is 18.7. The largest absolute Gasteiger partial charge is 0.383 e. The predicted molar refractivity (Wildman–Crippen MR) is 194 cm³/mol. The molecule has 1 aromatic heterocycles. The zero-order valence-electron chi connectivity index (χ0n) is 28.2. The van der Waals surface area contributed by atoms with E-state index in [9.17, 15) is 0 Å². The number of thiazole rings is 1. The van der Waals surface area contributed by atoms with E-state index in [1.165, 1.54) is 97.0 Å². The van der Waals surface area contributed by atoms with Gasteiger partial charge in [0, 0.05) is 45.0 Å². The molecule has 234 valence electrons. The van der Waals surface area contributed by atoms with Crippen LogP contribution in [0.25, 0.3) is 27.4 Å². The van der Waals surface area contributed by atoms with Gasteiger partial charge in [-0.15, -0.1) is 11.3 Å². The van der Waals surface area contributed by atoms with Gasteiger partial charge in [-0.25, -0.2) is 4.98 Å². The smallest absolute Gasteiger partial charge is 0.124 e. The van der Waals surface area contributed by atoms with Gasteiger partial charge in [0.2, 0.25) is 0 Å². The average molecular weight is 608 g/mol. The molecule has 0 atom stereocenters. The predicted octanol–water partition coefficient (Wildman–Crippen LogP) is 11.0. The lowest BCUT2D eigenvalue weighted by molar-refractivity contribution is 0.310. The summed E-state index contributed by atoms with van der Waals surface area (Å²) in [6, 6.07) is 16.5. The number of rotatable bonds is 9. The minimum absolute atomic E-state index is 0.242. The molecule has 1 heterocycles. The number of allylic oxidation sites excluding steroid dienone is 5. The Morgan fingerprint density at radius 3 is 1.84 bits per heavy atom. The Balaban J connectivity index is 1.70. The van der Waals surface area contributed by atoms with Crippen LogP contribution in [0.4, 0.5) is 5.69 Å². The van der Waals surface area contributed by atoms with Crippen molar-refractivity contribution in [3.8, 4) is 21.8 Å². The van der Waals surface area contributed by atoms with Crippen LogP contribution in [0.1, 0.15) is 101 Å². The molecule has 0 N–H and O–H groups in total. The standard InChI is InChI=1S/C40H53N3S/c1-8-16-31(17-15-26-42(4)5)37-36(30-18-20-35(21-19-30)43(6)7)41-38(44-37)32-27-33(39(2)22-11-9-12-23-39)29-34(28-32)40(3)24-13-10-14-25-40/h8,15-21,26-29H,9-14,22-25H2,1-7H3/b16-8-,26-15+,31-17+. The molecule has 4 heteroatoms. The van der Waals surface area contributed by atoms with Crippen molar-refractivity contribution in [2.45, 2.75) is 95.8 Å². The van der Waals surface area contributed by atoms with Crippen molar-refractivity contribution in [2.75, 3.05) is 33.1 Å². The molecule has 0 aliphatic heterocycles. The highest BCUT2D eigenvalue weighted by Gasteiger charge is 2.34. The summed E-state index contributed by atoms with van der Waals surface area (Å²) < 4.78 is 0. The highest BCUT2D eigenvalue weighted by molar-refractivity contribution is 7.16. The van der Waals surface area contributed by atoms with Gasteiger partial charge >= 0.3 is 0 Å². The van der Waals surface area contributed by atoms with E-state index in [1.807, 2.05) is 11.3 Å². The first-order chi connectivity index (χ1) is 21.1. The molecule has 2 saturated carbocycles. The van der Waals surface area contributed by atoms with Crippen molar-refractivity contribution >= 4 is 22.6 Å². The van der Waals surface area contributed by atoms with E-state index in [-0.39, 0.29) is 10.8 Å². The summed E-state index contributed by atoms with van der Waals surface area (Å²) in [5.74, 6) is 0. The number of nitrogens with zero attached hydrogens (tertiary/aromatic N) is 3. The molecule has 0 amide bonds. The molecule has 3 nitrogen and oxygen atoms in total. The summed E-state index contributed by atoms with van der Waals surface area (Å²) in [6.07, 6.45) is 24.0. The Bertz CT molecular complexity index is 1450. The number of aromatic nitrogens is 1. The van der Waals surface area contributed by atoms with Crippen molar-refractivity contribution in [2.24, 2.45) is 0 Å². The van der Waals surface area contributed by atoms with Crippen LogP contribution in [0.3, 0.4) is 0 Å². The monoisotopic (exact) mass is 607 g/mol. The van der Waals surface area contributed by atoms with Crippen LogP contribution in [0.5, 0.6) is 0 Å². The molecule has 0 radical (unpaired) electrons. The van der Waals surface area contributed by atoms with E-state index in [1.54, 1.807) is 0 Å². The SMILES string of the molecule is C\C=C/C(=C\C=C\N(C)C)c1sc(-c2cc(C3(C)CCCCC3)cc(C3(C)CCCCC3)c2)nc1-c1ccc(N(C)C)cc1. The fraction of sp³-hybridized carbons (Fsp3) is 0.475. The van der Waals surface area contributed by atoms with E-state index in [2.05, 4.69) is 132 Å². The Kier molecular flexibility index (Phi) is 10.2. The van der Waals surface area contributed by atoms with Gasteiger partial charge in [0.05, 0.1) is 10.6 Å². The lowest BCUT2D eigenvalue weighted by Gasteiger charge is -2.38. The lowest BCUT2D eigenvalue weighted by atomic mass is 9.67. The Morgan fingerprint density at radius 2 is 1.34 bits per heavy atom. The highest BCUT2D eigenvalue weighted by Crippen LogP contribution is 2.47. The summed E-state index contributed by atoms with van der Waals surface area (Å²) >= 11 is 1.84. The zero-order valence-corrected chi connectivity index (χ0v) is 29.1. The maximum absolute atomic E-state index is 5.49. The summed E-state index contributed by atoms with van der Waals surface area (Å²) in [4.78, 5) is 10.9. The molecule has 0 spiro atoms. The molecule has 0 bridgehead atoms. The lowest BCUT2D eigenvalue weighted by Crippen LogP contribution is -2.28. The molecule has 2 aromatic carbocycles. The van der Waals surface area contributed by atoms with Crippen LogP contribution < -0.4 is 4.90 Å². The Labute approximate surface area is 271 Å². The van der Waals surface area contributed by atoms with E-state index in [4.69, 9.17) is 4.98 Å². The molecule has 3 aromatic rings. The molecular formula is C40H53N3S.